The van der Waals surface area contributed by atoms with E-state index in [1.807, 2.05) is 0 Å². The topological polar surface area (TPSA) is 20.3 Å². The van der Waals surface area contributed by atoms with Crippen LogP contribution in [0.4, 0.5) is 13.2 Å². The molecule has 0 spiro atoms. The maximum absolute atomic E-state index is 12.1. The minimum absolute atomic E-state index is 0.288. The van der Waals surface area contributed by atoms with E-state index in [4.69, 9.17) is 0 Å². The summed E-state index contributed by atoms with van der Waals surface area (Å²) in [5, 5.41) is 0. The normalized spacial score (nSPS) is 29.4. The van der Waals surface area contributed by atoms with E-state index in [-0.39, 0.29) is 12.0 Å². The fraction of sp³-hybridized carbons (Fsp3) is 0.857. The van der Waals surface area contributed by atoms with Gasteiger partial charge in [-0.25, -0.2) is 0 Å². The van der Waals surface area contributed by atoms with Gasteiger partial charge in [0, 0.05) is 12.0 Å². The van der Waals surface area contributed by atoms with Crippen LogP contribution in [0.25, 0.3) is 0 Å². The van der Waals surface area contributed by atoms with E-state index in [2.05, 4.69) is 0 Å². The first-order valence-corrected chi connectivity index (χ1v) is 4.23. The number of rotatable bonds is 0. The minimum atomic E-state index is -4.73. The molecule has 0 aromatic carbocycles. The van der Waals surface area contributed by atoms with Crippen molar-refractivity contribution in [3.05, 3.63) is 0 Å². The minimum Gasteiger partial charge on any atom is -0.337 e. The van der Waals surface area contributed by atoms with Gasteiger partial charge in [-0.3, -0.25) is 4.79 Å². The zero-order valence-corrected chi connectivity index (χ0v) is 7.56. The van der Waals surface area contributed by atoms with Gasteiger partial charge in [-0.05, 0) is 19.8 Å². The SMILES string of the molecule is B[C@H]1CC[C@@H](C)N1C(=O)C(F)(F)F. The third kappa shape index (κ3) is 1.98. The Kier molecular flexibility index (Phi) is 2.59. The molecule has 1 fully saturated rings. The third-order valence-electron chi connectivity index (χ3n) is 2.43. The number of halogens is 3. The van der Waals surface area contributed by atoms with Crippen LogP contribution in [-0.2, 0) is 4.79 Å². The fourth-order valence-corrected chi connectivity index (χ4v) is 1.74. The zero-order chi connectivity index (χ0) is 10.2. The lowest BCUT2D eigenvalue weighted by Gasteiger charge is -2.27. The molecule has 2 nitrogen and oxygen atoms in total. The van der Waals surface area contributed by atoms with Crippen molar-refractivity contribution < 1.29 is 18.0 Å². The molecular weight excluding hydrogens is 182 g/mol. The third-order valence-corrected chi connectivity index (χ3v) is 2.43. The molecule has 0 aliphatic carbocycles. The molecule has 1 amide bonds. The summed E-state index contributed by atoms with van der Waals surface area (Å²) >= 11 is 0. The first-order valence-electron chi connectivity index (χ1n) is 4.23. The van der Waals surface area contributed by atoms with Crippen molar-refractivity contribution in [3.63, 3.8) is 0 Å². The van der Waals surface area contributed by atoms with Gasteiger partial charge in [0.2, 0.25) is 0 Å². The van der Waals surface area contributed by atoms with Crippen LogP contribution in [-0.4, -0.2) is 36.8 Å². The zero-order valence-electron chi connectivity index (χ0n) is 7.56. The molecule has 0 aromatic rings. The molecule has 0 unspecified atom stereocenters. The summed E-state index contributed by atoms with van der Waals surface area (Å²) in [5.74, 6) is -1.99. The second-order valence-electron chi connectivity index (χ2n) is 3.49. The average molecular weight is 193 g/mol. The second kappa shape index (κ2) is 3.23. The number of nitrogens with zero attached hydrogens (tertiary/aromatic N) is 1. The summed E-state index contributed by atoms with van der Waals surface area (Å²) in [6, 6.07) is -0.288. The predicted octanol–water partition coefficient (Wildman–Crippen LogP) is 0.519. The first-order chi connectivity index (χ1) is 5.84. The van der Waals surface area contributed by atoms with Crippen molar-refractivity contribution in [2.24, 2.45) is 0 Å². The van der Waals surface area contributed by atoms with Crippen LogP contribution in [0, 0.1) is 0 Å². The van der Waals surface area contributed by atoms with Crippen molar-refractivity contribution in [2.75, 3.05) is 0 Å². The quantitative estimate of drug-likeness (QED) is 0.513. The Morgan fingerprint density at radius 3 is 2.31 bits per heavy atom. The van der Waals surface area contributed by atoms with Gasteiger partial charge in [-0.2, -0.15) is 13.2 Å². The van der Waals surface area contributed by atoms with E-state index in [1.165, 1.54) is 0 Å². The van der Waals surface area contributed by atoms with Crippen LogP contribution in [0.15, 0.2) is 0 Å². The van der Waals surface area contributed by atoms with E-state index in [0.29, 0.717) is 12.8 Å². The summed E-state index contributed by atoms with van der Waals surface area (Å²) in [6.07, 6.45) is -3.42. The number of carbonyl (C=O) groups is 1. The Labute approximate surface area is 75.5 Å². The van der Waals surface area contributed by atoms with Crippen LogP contribution in [0.3, 0.4) is 0 Å². The van der Waals surface area contributed by atoms with Gasteiger partial charge in [0.15, 0.2) is 0 Å². The molecule has 1 rings (SSSR count). The monoisotopic (exact) mass is 193 g/mol. The molecule has 13 heavy (non-hydrogen) atoms. The van der Waals surface area contributed by atoms with Gasteiger partial charge < -0.3 is 4.90 Å². The summed E-state index contributed by atoms with van der Waals surface area (Å²) in [5.41, 5.74) is 0. The highest BCUT2D eigenvalue weighted by Crippen LogP contribution is 2.28. The molecule has 6 heteroatoms. The average Bonchev–Trinajstić information content (AvgIpc) is 2.28. The van der Waals surface area contributed by atoms with Crippen molar-refractivity contribution in [2.45, 2.75) is 37.9 Å². The lowest BCUT2D eigenvalue weighted by atomic mass is 9.94. The number of carbonyl (C=O) groups excluding carboxylic acids is 1. The smallest absolute Gasteiger partial charge is 0.337 e. The van der Waals surface area contributed by atoms with Gasteiger partial charge in [0.05, 0.1) is 0 Å². The van der Waals surface area contributed by atoms with E-state index in [1.54, 1.807) is 14.8 Å². The lowest BCUT2D eigenvalue weighted by molar-refractivity contribution is -0.186. The van der Waals surface area contributed by atoms with Gasteiger partial charge in [-0.1, -0.05) is 0 Å². The first kappa shape index (κ1) is 10.4. The largest absolute Gasteiger partial charge is 0.471 e. The Hall–Kier alpha value is -0.675. The van der Waals surface area contributed by atoms with Gasteiger partial charge in [0.1, 0.15) is 7.85 Å². The highest BCUT2D eigenvalue weighted by atomic mass is 19.4. The molecule has 1 heterocycles. The van der Waals surface area contributed by atoms with Crippen molar-refractivity contribution >= 4 is 13.8 Å². The Morgan fingerprint density at radius 1 is 1.46 bits per heavy atom. The summed E-state index contributed by atoms with van der Waals surface area (Å²) in [4.78, 5) is 11.8. The van der Waals surface area contributed by atoms with Crippen LogP contribution < -0.4 is 0 Å². The molecule has 0 radical (unpaired) electrons. The second-order valence-corrected chi connectivity index (χ2v) is 3.49. The van der Waals surface area contributed by atoms with Crippen molar-refractivity contribution in [3.8, 4) is 0 Å². The van der Waals surface area contributed by atoms with Crippen LogP contribution in [0.5, 0.6) is 0 Å². The van der Waals surface area contributed by atoms with Crippen molar-refractivity contribution in [1.82, 2.24) is 4.90 Å². The molecule has 0 aromatic heterocycles. The van der Waals surface area contributed by atoms with E-state index in [9.17, 15) is 18.0 Å². The Bertz CT molecular complexity index is 208. The molecular formula is C7H11BF3NO. The summed E-state index contributed by atoms with van der Waals surface area (Å²) in [6.45, 7) is 1.65. The highest BCUT2D eigenvalue weighted by Gasteiger charge is 2.46. The maximum Gasteiger partial charge on any atom is 0.471 e. The van der Waals surface area contributed by atoms with Crippen LogP contribution in [0.1, 0.15) is 19.8 Å². The Balaban J connectivity index is 2.76. The summed E-state index contributed by atoms with van der Waals surface area (Å²) < 4.78 is 36.2. The Morgan fingerprint density at radius 2 is 2.00 bits per heavy atom. The standard InChI is InChI=1S/C7H11BF3NO/c1-4-2-3-5(8)12(4)6(13)7(9,10)11/h4-5H,2-3,8H2,1H3/t4-,5-/m1/s1. The van der Waals surface area contributed by atoms with E-state index >= 15 is 0 Å². The molecule has 1 aliphatic heterocycles. The highest BCUT2D eigenvalue weighted by molar-refractivity contribution is 6.13. The fourth-order valence-electron chi connectivity index (χ4n) is 1.74. The van der Waals surface area contributed by atoms with E-state index < -0.39 is 12.1 Å². The number of hydrogen-bond donors (Lipinski definition) is 0. The molecule has 0 bridgehead atoms. The predicted molar refractivity (Wildman–Crippen MR) is 43.9 cm³/mol. The molecule has 74 valence electrons. The van der Waals surface area contributed by atoms with Crippen LogP contribution in [0.2, 0.25) is 0 Å². The molecule has 0 saturated carbocycles. The molecule has 0 N–H and O–H groups in total. The van der Waals surface area contributed by atoms with Gasteiger partial charge in [0.25, 0.3) is 0 Å². The van der Waals surface area contributed by atoms with Gasteiger partial charge >= 0.3 is 12.1 Å². The summed E-state index contributed by atoms with van der Waals surface area (Å²) in [7, 11) is 1.65. The number of likely N-dealkylation sites (tertiary alicyclic amines) is 1. The van der Waals surface area contributed by atoms with E-state index in [0.717, 1.165) is 4.90 Å². The number of alkyl halides is 3. The lowest BCUT2D eigenvalue weighted by Crippen LogP contribution is -2.47. The number of hydrogen-bond acceptors (Lipinski definition) is 1. The maximum atomic E-state index is 12.1. The van der Waals surface area contributed by atoms with Gasteiger partial charge in [-0.15, -0.1) is 0 Å². The molecule has 2 atom stereocenters. The van der Waals surface area contributed by atoms with Crippen molar-refractivity contribution in [1.29, 1.82) is 0 Å². The molecule has 1 saturated heterocycles. The van der Waals surface area contributed by atoms with Crippen LogP contribution >= 0.6 is 0 Å². The molecule has 1 aliphatic rings. The number of amides is 1.